The van der Waals surface area contributed by atoms with Gasteiger partial charge < -0.3 is 10.6 Å². The van der Waals surface area contributed by atoms with E-state index in [1.807, 2.05) is 0 Å². The summed E-state index contributed by atoms with van der Waals surface area (Å²) in [6, 6.07) is 0. The highest BCUT2D eigenvalue weighted by Gasteiger charge is 2.31. The number of nitrogens with zero attached hydrogens (tertiary/aromatic N) is 2. The van der Waals surface area contributed by atoms with Crippen LogP contribution >= 0.6 is 24.0 Å². The van der Waals surface area contributed by atoms with Crippen LogP contribution in [-0.2, 0) is 10.0 Å². The first kappa shape index (κ1) is 24.9. The Morgan fingerprint density at radius 3 is 2.32 bits per heavy atom. The Balaban J connectivity index is 0.00000576. The lowest BCUT2D eigenvalue weighted by Crippen LogP contribution is -2.40. The summed E-state index contributed by atoms with van der Waals surface area (Å²) in [6.07, 6.45) is 7.17. The second kappa shape index (κ2) is 12.3. The molecule has 0 aromatic heterocycles. The zero-order valence-electron chi connectivity index (χ0n) is 16.3. The monoisotopic (exact) mass is 488 g/mol. The van der Waals surface area contributed by atoms with Crippen LogP contribution in [-0.4, -0.2) is 57.7 Å². The molecule has 0 spiro atoms. The Labute approximate surface area is 171 Å². The predicted octanol–water partition coefficient (Wildman–Crippen LogP) is 2.80. The maximum absolute atomic E-state index is 11.7. The summed E-state index contributed by atoms with van der Waals surface area (Å²) < 4.78 is 24.9. The van der Waals surface area contributed by atoms with Crippen LogP contribution in [0.2, 0.25) is 0 Å². The number of hydrogen-bond acceptors (Lipinski definition) is 3. The van der Waals surface area contributed by atoms with Crippen LogP contribution in [0, 0.1) is 5.41 Å². The van der Waals surface area contributed by atoms with E-state index in [-0.39, 0.29) is 29.7 Å². The first-order chi connectivity index (χ1) is 11.4. The van der Waals surface area contributed by atoms with Gasteiger partial charge in [0.15, 0.2) is 5.96 Å². The molecule has 0 unspecified atom stereocenters. The maximum Gasteiger partial charge on any atom is 0.213 e. The molecule has 0 aromatic rings. The fourth-order valence-corrected chi connectivity index (χ4v) is 4.05. The quantitative estimate of drug-likeness (QED) is 0.215. The Morgan fingerprint density at radius 1 is 1.16 bits per heavy atom. The van der Waals surface area contributed by atoms with Gasteiger partial charge in [0.25, 0.3) is 0 Å². The Kier molecular flexibility index (Phi) is 12.3. The van der Waals surface area contributed by atoms with Crippen LogP contribution in [0.25, 0.3) is 0 Å². The van der Waals surface area contributed by atoms with Gasteiger partial charge in [0.1, 0.15) is 0 Å². The van der Waals surface area contributed by atoms with Crippen molar-refractivity contribution < 1.29 is 8.42 Å². The van der Waals surface area contributed by atoms with E-state index in [9.17, 15) is 8.42 Å². The van der Waals surface area contributed by atoms with Crippen molar-refractivity contribution in [1.82, 2.24) is 14.9 Å². The van der Waals surface area contributed by atoms with Gasteiger partial charge in [-0.25, -0.2) is 12.7 Å². The number of hydrogen-bond donors (Lipinski definition) is 2. The molecule has 1 fully saturated rings. The molecule has 1 rings (SSSR count). The number of sulfonamides is 1. The number of rotatable bonds is 10. The van der Waals surface area contributed by atoms with Crippen molar-refractivity contribution in [1.29, 1.82) is 0 Å². The minimum absolute atomic E-state index is 0. The van der Waals surface area contributed by atoms with Crippen LogP contribution in [0.1, 0.15) is 59.3 Å². The fraction of sp³-hybridized carbons (Fsp3) is 0.941. The van der Waals surface area contributed by atoms with Crippen molar-refractivity contribution in [2.24, 2.45) is 10.4 Å². The third kappa shape index (κ3) is 8.43. The van der Waals surface area contributed by atoms with Crippen molar-refractivity contribution in [2.45, 2.75) is 59.3 Å². The molecule has 0 aliphatic heterocycles. The highest BCUT2D eigenvalue weighted by Crippen LogP contribution is 2.41. The van der Waals surface area contributed by atoms with E-state index in [0.717, 1.165) is 25.5 Å². The Hall–Kier alpha value is -0.0900. The lowest BCUT2D eigenvalue weighted by atomic mass is 9.84. The van der Waals surface area contributed by atoms with E-state index < -0.39 is 10.0 Å². The van der Waals surface area contributed by atoms with E-state index >= 15 is 0 Å². The van der Waals surface area contributed by atoms with Crippen LogP contribution < -0.4 is 10.6 Å². The van der Waals surface area contributed by atoms with Crippen LogP contribution in [0.15, 0.2) is 4.99 Å². The maximum atomic E-state index is 11.7. The van der Waals surface area contributed by atoms with Crippen molar-refractivity contribution in [3.05, 3.63) is 0 Å². The summed E-state index contributed by atoms with van der Waals surface area (Å²) in [6.45, 7) is 8.95. The molecule has 0 saturated heterocycles. The smallest absolute Gasteiger partial charge is 0.213 e. The molecule has 0 radical (unpaired) electrons. The lowest BCUT2D eigenvalue weighted by Gasteiger charge is -2.25. The van der Waals surface area contributed by atoms with Gasteiger partial charge in [-0.1, -0.05) is 19.8 Å². The van der Waals surface area contributed by atoms with Gasteiger partial charge in [0.2, 0.25) is 10.0 Å². The molecular weight excluding hydrogens is 451 g/mol. The average Bonchev–Trinajstić information content (AvgIpc) is 3.05. The van der Waals surface area contributed by atoms with Crippen LogP contribution in [0.5, 0.6) is 0 Å². The van der Waals surface area contributed by atoms with Gasteiger partial charge >= 0.3 is 0 Å². The van der Waals surface area contributed by atoms with Crippen molar-refractivity contribution >= 4 is 40.0 Å². The molecule has 0 amide bonds. The van der Waals surface area contributed by atoms with Gasteiger partial charge in [-0.05, 0) is 44.9 Å². The van der Waals surface area contributed by atoms with Crippen LogP contribution in [0.4, 0.5) is 0 Å². The summed E-state index contributed by atoms with van der Waals surface area (Å²) >= 11 is 0. The number of aliphatic imine (C=N–C) groups is 1. The molecule has 8 heteroatoms. The molecule has 6 nitrogen and oxygen atoms in total. The number of nitrogens with one attached hydrogen (secondary N) is 2. The Bertz CT molecular complexity index is 491. The summed E-state index contributed by atoms with van der Waals surface area (Å²) in [5.74, 6) is 0.998. The average molecular weight is 488 g/mol. The largest absolute Gasteiger partial charge is 0.357 e. The standard InChI is InChI=1S/C17H36N4O2S.HI/c1-5-17(11-8-9-12-17)15-20-16(18-6-2)19-13-10-14-21(4)24(22,23)7-3;/h5-15H2,1-4H3,(H2,18,19,20);1H. The van der Waals surface area contributed by atoms with Crippen molar-refractivity contribution in [3.8, 4) is 0 Å². The molecule has 0 aromatic carbocycles. The molecule has 25 heavy (non-hydrogen) atoms. The molecular formula is C17H37IN4O2S. The number of guanidine groups is 1. The molecule has 0 atom stereocenters. The molecule has 150 valence electrons. The zero-order chi connectivity index (χ0) is 18.1. The van der Waals surface area contributed by atoms with E-state index in [2.05, 4.69) is 24.5 Å². The van der Waals surface area contributed by atoms with E-state index in [1.165, 1.54) is 36.4 Å². The first-order valence-corrected chi connectivity index (χ1v) is 11.0. The highest BCUT2D eigenvalue weighted by molar-refractivity contribution is 14.0. The first-order valence-electron chi connectivity index (χ1n) is 9.35. The summed E-state index contributed by atoms with van der Waals surface area (Å²) in [7, 11) is -1.44. The third-order valence-electron chi connectivity index (χ3n) is 5.11. The van der Waals surface area contributed by atoms with Gasteiger partial charge in [0.05, 0.1) is 5.75 Å². The SMILES string of the molecule is CCNC(=NCC1(CC)CCCC1)NCCCN(C)S(=O)(=O)CC.I. The van der Waals surface area contributed by atoms with E-state index in [0.29, 0.717) is 18.5 Å². The molecule has 1 saturated carbocycles. The minimum atomic E-state index is -3.08. The predicted molar refractivity (Wildman–Crippen MR) is 117 cm³/mol. The normalized spacial score (nSPS) is 17.4. The minimum Gasteiger partial charge on any atom is -0.357 e. The van der Waals surface area contributed by atoms with E-state index in [1.54, 1.807) is 14.0 Å². The summed E-state index contributed by atoms with van der Waals surface area (Å²) in [5.41, 5.74) is 0.387. The summed E-state index contributed by atoms with van der Waals surface area (Å²) in [4.78, 5) is 4.78. The topological polar surface area (TPSA) is 73.8 Å². The van der Waals surface area contributed by atoms with Crippen molar-refractivity contribution in [3.63, 3.8) is 0 Å². The lowest BCUT2D eigenvalue weighted by molar-refractivity contribution is 0.297. The van der Waals surface area contributed by atoms with Gasteiger partial charge in [-0.3, -0.25) is 4.99 Å². The molecule has 2 N–H and O–H groups in total. The Morgan fingerprint density at radius 2 is 1.80 bits per heavy atom. The second-order valence-electron chi connectivity index (χ2n) is 6.76. The molecule has 1 aliphatic rings. The third-order valence-corrected chi connectivity index (χ3v) is 6.97. The van der Waals surface area contributed by atoms with E-state index in [4.69, 9.17) is 4.99 Å². The van der Waals surface area contributed by atoms with Gasteiger partial charge in [-0.2, -0.15) is 0 Å². The molecule has 0 heterocycles. The van der Waals surface area contributed by atoms with Crippen molar-refractivity contribution in [2.75, 3.05) is 39.0 Å². The highest BCUT2D eigenvalue weighted by atomic mass is 127. The van der Waals surface area contributed by atoms with Gasteiger partial charge in [-0.15, -0.1) is 24.0 Å². The zero-order valence-corrected chi connectivity index (χ0v) is 19.5. The molecule has 0 bridgehead atoms. The molecule has 1 aliphatic carbocycles. The number of halogens is 1. The van der Waals surface area contributed by atoms with Gasteiger partial charge in [0, 0.05) is 33.2 Å². The fourth-order valence-electron chi connectivity index (χ4n) is 3.20. The second-order valence-corrected chi connectivity index (χ2v) is 9.12. The van der Waals surface area contributed by atoms with Crippen LogP contribution in [0.3, 0.4) is 0 Å². The summed E-state index contributed by atoms with van der Waals surface area (Å²) in [5, 5.41) is 6.61.